The van der Waals surface area contributed by atoms with E-state index in [4.69, 9.17) is 19.7 Å². The van der Waals surface area contributed by atoms with Crippen molar-refractivity contribution in [2.75, 3.05) is 13.2 Å². The van der Waals surface area contributed by atoms with E-state index in [1.807, 2.05) is 0 Å². The SMILES string of the molecule is CC(O)COC(=O)c1cccc(O)c1C(=O)OCC(C)O. The van der Waals surface area contributed by atoms with Gasteiger partial charge in [-0.05, 0) is 26.0 Å². The zero-order valence-electron chi connectivity index (χ0n) is 11.8. The smallest absolute Gasteiger partial charge is 0.342 e. The van der Waals surface area contributed by atoms with E-state index in [9.17, 15) is 14.7 Å². The summed E-state index contributed by atoms with van der Waals surface area (Å²) in [5.41, 5.74) is -0.514. The van der Waals surface area contributed by atoms with Crippen LogP contribution in [0.5, 0.6) is 5.75 Å². The van der Waals surface area contributed by atoms with Gasteiger partial charge < -0.3 is 24.8 Å². The number of aliphatic hydroxyl groups is 2. The minimum Gasteiger partial charge on any atom is -0.507 e. The van der Waals surface area contributed by atoms with Crippen LogP contribution < -0.4 is 0 Å². The molecule has 0 aliphatic heterocycles. The number of aliphatic hydroxyl groups excluding tert-OH is 2. The van der Waals surface area contributed by atoms with Crippen molar-refractivity contribution in [1.82, 2.24) is 0 Å². The first kappa shape index (κ1) is 16.9. The molecule has 0 aliphatic rings. The fourth-order valence-electron chi connectivity index (χ4n) is 1.47. The van der Waals surface area contributed by atoms with Gasteiger partial charge in [-0.25, -0.2) is 9.59 Å². The third kappa shape index (κ3) is 5.05. The molecule has 1 aromatic carbocycles. The Kier molecular flexibility index (Phi) is 6.13. The predicted molar refractivity (Wildman–Crippen MR) is 72.0 cm³/mol. The number of ether oxygens (including phenoxy) is 2. The van der Waals surface area contributed by atoms with Gasteiger partial charge in [0, 0.05) is 0 Å². The summed E-state index contributed by atoms with van der Waals surface area (Å²) in [6.07, 6.45) is -1.72. The molecule has 0 radical (unpaired) electrons. The van der Waals surface area contributed by atoms with Crippen molar-refractivity contribution in [2.45, 2.75) is 26.1 Å². The van der Waals surface area contributed by atoms with Crippen molar-refractivity contribution in [2.24, 2.45) is 0 Å². The van der Waals surface area contributed by atoms with Crippen LogP contribution in [0, 0.1) is 0 Å². The lowest BCUT2D eigenvalue weighted by molar-refractivity contribution is 0.0255. The summed E-state index contributed by atoms with van der Waals surface area (Å²) in [5.74, 6) is -2.24. The zero-order chi connectivity index (χ0) is 16.0. The van der Waals surface area contributed by atoms with Crippen molar-refractivity contribution in [3.8, 4) is 5.75 Å². The Morgan fingerprint density at radius 2 is 1.57 bits per heavy atom. The number of carbonyl (C=O) groups is 2. The molecule has 1 aromatic rings. The minimum atomic E-state index is -0.946. The van der Waals surface area contributed by atoms with Crippen molar-refractivity contribution in [3.05, 3.63) is 29.3 Å². The number of esters is 2. The number of rotatable bonds is 6. The maximum absolute atomic E-state index is 11.9. The maximum Gasteiger partial charge on any atom is 0.342 e. The number of benzene rings is 1. The zero-order valence-corrected chi connectivity index (χ0v) is 11.8. The summed E-state index contributed by atoms with van der Waals surface area (Å²) >= 11 is 0. The van der Waals surface area contributed by atoms with Crippen LogP contribution in [0.3, 0.4) is 0 Å². The van der Waals surface area contributed by atoms with E-state index in [-0.39, 0.29) is 24.3 Å². The first-order valence-corrected chi connectivity index (χ1v) is 6.35. The Labute approximate surface area is 121 Å². The summed E-state index contributed by atoms with van der Waals surface area (Å²) in [5, 5.41) is 27.9. The van der Waals surface area contributed by atoms with Gasteiger partial charge in [0.1, 0.15) is 24.5 Å². The molecule has 0 aliphatic carbocycles. The summed E-state index contributed by atoms with van der Waals surface area (Å²) in [6.45, 7) is 2.36. The molecule has 0 amide bonds. The molecule has 0 heterocycles. The molecule has 116 valence electrons. The second-order valence-corrected chi connectivity index (χ2v) is 4.59. The fourth-order valence-corrected chi connectivity index (χ4v) is 1.47. The molecule has 0 bridgehead atoms. The van der Waals surface area contributed by atoms with Crippen LogP contribution in [0.25, 0.3) is 0 Å². The monoisotopic (exact) mass is 298 g/mol. The molecule has 7 nitrogen and oxygen atoms in total. The maximum atomic E-state index is 11.9. The molecule has 2 unspecified atom stereocenters. The van der Waals surface area contributed by atoms with Gasteiger partial charge in [-0.3, -0.25) is 0 Å². The molecule has 21 heavy (non-hydrogen) atoms. The topological polar surface area (TPSA) is 113 Å². The van der Waals surface area contributed by atoms with Crippen LogP contribution in [0.2, 0.25) is 0 Å². The van der Waals surface area contributed by atoms with E-state index in [1.54, 1.807) is 0 Å². The van der Waals surface area contributed by atoms with E-state index in [2.05, 4.69) is 0 Å². The van der Waals surface area contributed by atoms with E-state index in [1.165, 1.54) is 32.0 Å². The quantitative estimate of drug-likeness (QED) is 0.654. The average Bonchev–Trinajstić information content (AvgIpc) is 2.41. The summed E-state index contributed by atoms with van der Waals surface area (Å²) in [6, 6.07) is 3.90. The number of hydrogen-bond acceptors (Lipinski definition) is 7. The van der Waals surface area contributed by atoms with Crippen LogP contribution in [0.1, 0.15) is 34.6 Å². The highest BCUT2D eigenvalue weighted by Crippen LogP contribution is 2.23. The van der Waals surface area contributed by atoms with Crippen LogP contribution >= 0.6 is 0 Å². The third-order valence-corrected chi connectivity index (χ3v) is 2.38. The number of phenolic OH excluding ortho intramolecular Hbond substituents is 1. The normalized spacial score (nSPS) is 13.3. The van der Waals surface area contributed by atoms with Gasteiger partial charge in [0.05, 0.1) is 17.8 Å². The summed E-state index contributed by atoms with van der Waals surface area (Å²) in [7, 11) is 0. The Morgan fingerprint density at radius 1 is 1.05 bits per heavy atom. The van der Waals surface area contributed by atoms with Gasteiger partial charge in [-0.2, -0.15) is 0 Å². The molecule has 2 atom stereocenters. The van der Waals surface area contributed by atoms with E-state index in [0.29, 0.717) is 0 Å². The Morgan fingerprint density at radius 3 is 2.10 bits per heavy atom. The van der Waals surface area contributed by atoms with E-state index < -0.39 is 29.9 Å². The molecule has 0 spiro atoms. The first-order chi connectivity index (χ1) is 9.82. The largest absolute Gasteiger partial charge is 0.507 e. The second-order valence-electron chi connectivity index (χ2n) is 4.59. The molecule has 0 saturated heterocycles. The fraction of sp³-hybridized carbons (Fsp3) is 0.429. The predicted octanol–water partition coefficient (Wildman–Crippen LogP) is 0.467. The van der Waals surface area contributed by atoms with Gasteiger partial charge in [-0.15, -0.1) is 0 Å². The van der Waals surface area contributed by atoms with Gasteiger partial charge >= 0.3 is 11.9 Å². The molecule has 1 rings (SSSR count). The summed E-state index contributed by atoms with van der Waals surface area (Å²) < 4.78 is 9.58. The number of carbonyl (C=O) groups excluding carboxylic acids is 2. The van der Waals surface area contributed by atoms with E-state index in [0.717, 1.165) is 0 Å². The highest BCUT2D eigenvalue weighted by molar-refractivity contribution is 6.05. The first-order valence-electron chi connectivity index (χ1n) is 6.35. The molecule has 0 aromatic heterocycles. The average molecular weight is 298 g/mol. The van der Waals surface area contributed by atoms with Crippen molar-refractivity contribution in [3.63, 3.8) is 0 Å². The van der Waals surface area contributed by atoms with Gasteiger partial charge in [0.2, 0.25) is 0 Å². The Hall–Kier alpha value is -2.12. The summed E-state index contributed by atoms with van der Waals surface area (Å²) in [4.78, 5) is 23.7. The third-order valence-electron chi connectivity index (χ3n) is 2.38. The number of hydrogen-bond donors (Lipinski definition) is 3. The molecule has 0 saturated carbocycles. The minimum absolute atomic E-state index is 0.175. The van der Waals surface area contributed by atoms with Crippen molar-refractivity contribution < 1.29 is 34.4 Å². The van der Waals surface area contributed by atoms with Gasteiger partial charge in [0.25, 0.3) is 0 Å². The molecule has 0 fully saturated rings. The van der Waals surface area contributed by atoms with Crippen molar-refractivity contribution in [1.29, 1.82) is 0 Å². The standard InChI is InChI=1S/C14H18O7/c1-8(15)6-20-13(18)10-4-3-5-11(17)12(10)14(19)21-7-9(2)16/h3-5,8-9,15-17H,6-7H2,1-2H3. The Bertz CT molecular complexity index is 508. The molecular formula is C14H18O7. The number of phenols is 1. The van der Waals surface area contributed by atoms with Crippen LogP contribution in [-0.4, -0.2) is 52.7 Å². The highest BCUT2D eigenvalue weighted by Gasteiger charge is 2.23. The van der Waals surface area contributed by atoms with Gasteiger partial charge in [0.15, 0.2) is 0 Å². The molecular weight excluding hydrogens is 280 g/mol. The lowest BCUT2D eigenvalue weighted by Gasteiger charge is -2.12. The van der Waals surface area contributed by atoms with Crippen LogP contribution in [0.15, 0.2) is 18.2 Å². The lowest BCUT2D eigenvalue weighted by Crippen LogP contribution is -2.20. The van der Waals surface area contributed by atoms with Crippen LogP contribution in [0.4, 0.5) is 0 Å². The molecule has 7 heteroatoms. The van der Waals surface area contributed by atoms with Crippen LogP contribution in [-0.2, 0) is 9.47 Å². The highest BCUT2D eigenvalue weighted by atomic mass is 16.5. The van der Waals surface area contributed by atoms with Crippen molar-refractivity contribution >= 4 is 11.9 Å². The number of aromatic hydroxyl groups is 1. The Balaban J connectivity index is 2.97. The second kappa shape index (κ2) is 7.61. The van der Waals surface area contributed by atoms with E-state index >= 15 is 0 Å². The molecule has 3 N–H and O–H groups in total. The lowest BCUT2D eigenvalue weighted by atomic mass is 10.1. The van der Waals surface area contributed by atoms with Gasteiger partial charge in [-0.1, -0.05) is 6.07 Å².